The summed E-state index contributed by atoms with van der Waals surface area (Å²) in [5.41, 5.74) is 1.25. The smallest absolute Gasteiger partial charge is 0.193 e. The van der Waals surface area contributed by atoms with Crippen molar-refractivity contribution < 1.29 is 0 Å². The van der Waals surface area contributed by atoms with Crippen molar-refractivity contribution in [2.24, 2.45) is 4.99 Å². The molecule has 1 atom stereocenters. The van der Waals surface area contributed by atoms with Gasteiger partial charge in [0.1, 0.15) is 0 Å². The van der Waals surface area contributed by atoms with E-state index in [0.29, 0.717) is 0 Å². The van der Waals surface area contributed by atoms with E-state index in [1.807, 2.05) is 18.4 Å². The van der Waals surface area contributed by atoms with E-state index in [-0.39, 0.29) is 24.0 Å². The number of thioether (sulfide) groups is 1. The van der Waals surface area contributed by atoms with E-state index in [9.17, 15) is 0 Å². The lowest BCUT2D eigenvalue weighted by molar-refractivity contribution is 0.408. The third kappa shape index (κ3) is 6.08. The number of halogens is 1. The van der Waals surface area contributed by atoms with E-state index in [2.05, 4.69) is 47.7 Å². The molecule has 0 aliphatic carbocycles. The lowest BCUT2D eigenvalue weighted by Crippen LogP contribution is -2.48. The van der Waals surface area contributed by atoms with Crippen LogP contribution in [0, 0.1) is 6.92 Å². The van der Waals surface area contributed by atoms with E-state index >= 15 is 0 Å². The molecule has 1 saturated heterocycles. The summed E-state index contributed by atoms with van der Waals surface area (Å²) >= 11 is 3.92. The van der Waals surface area contributed by atoms with Crippen LogP contribution in [0.5, 0.6) is 0 Å². The van der Waals surface area contributed by atoms with Crippen molar-refractivity contribution in [1.82, 2.24) is 15.2 Å². The SMILES string of the molecule is CCc1nc(CCNC(=NC)N2CCSC(CC)C2)sc1C.I. The van der Waals surface area contributed by atoms with Crippen LogP contribution in [0.2, 0.25) is 0 Å². The molecular weight excluding hydrogens is 439 g/mol. The Hall–Kier alpha value is -0.0200. The molecule has 0 amide bonds. The molecule has 1 aliphatic heterocycles. The highest BCUT2D eigenvalue weighted by molar-refractivity contribution is 14.0. The topological polar surface area (TPSA) is 40.5 Å². The molecule has 0 spiro atoms. The number of nitrogens with one attached hydrogen (secondary N) is 1. The maximum Gasteiger partial charge on any atom is 0.193 e. The van der Waals surface area contributed by atoms with Gasteiger partial charge in [0.2, 0.25) is 0 Å². The summed E-state index contributed by atoms with van der Waals surface area (Å²) in [5.74, 6) is 2.24. The molecule has 0 aromatic carbocycles. The van der Waals surface area contributed by atoms with Gasteiger partial charge in [0, 0.05) is 49.0 Å². The van der Waals surface area contributed by atoms with E-state index in [1.165, 1.54) is 27.8 Å². The second kappa shape index (κ2) is 10.8. The zero-order valence-electron chi connectivity index (χ0n) is 14.6. The highest BCUT2D eigenvalue weighted by atomic mass is 127. The molecule has 1 unspecified atom stereocenters. The van der Waals surface area contributed by atoms with Gasteiger partial charge in [-0.3, -0.25) is 4.99 Å². The fraction of sp³-hybridized carbons (Fsp3) is 0.750. The number of aromatic nitrogens is 1. The molecule has 1 fully saturated rings. The number of aliphatic imine (C=N–C) groups is 1. The van der Waals surface area contributed by atoms with Crippen LogP contribution in [0.4, 0.5) is 0 Å². The highest BCUT2D eigenvalue weighted by Crippen LogP contribution is 2.21. The summed E-state index contributed by atoms with van der Waals surface area (Å²) in [5, 5.41) is 5.48. The fourth-order valence-electron chi connectivity index (χ4n) is 2.69. The fourth-order valence-corrected chi connectivity index (χ4v) is 4.90. The van der Waals surface area contributed by atoms with Gasteiger partial charge in [0.05, 0.1) is 10.7 Å². The van der Waals surface area contributed by atoms with Crippen molar-refractivity contribution in [2.45, 2.75) is 45.3 Å². The number of hydrogen-bond acceptors (Lipinski definition) is 4. The van der Waals surface area contributed by atoms with Crippen LogP contribution >= 0.6 is 47.1 Å². The second-order valence-electron chi connectivity index (χ2n) is 5.54. The maximum absolute atomic E-state index is 4.71. The summed E-state index contributed by atoms with van der Waals surface area (Å²) < 4.78 is 0. The van der Waals surface area contributed by atoms with Crippen molar-refractivity contribution in [2.75, 3.05) is 32.4 Å². The number of guanidine groups is 1. The molecule has 0 saturated carbocycles. The van der Waals surface area contributed by atoms with Gasteiger partial charge < -0.3 is 10.2 Å². The number of nitrogens with zero attached hydrogens (tertiary/aromatic N) is 3. The first-order chi connectivity index (χ1) is 10.7. The number of aryl methyl sites for hydroxylation is 2. The zero-order chi connectivity index (χ0) is 15.9. The molecule has 132 valence electrons. The van der Waals surface area contributed by atoms with Gasteiger partial charge in [-0.25, -0.2) is 4.98 Å². The van der Waals surface area contributed by atoms with Gasteiger partial charge in [0.15, 0.2) is 5.96 Å². The first-order valence-corrected chi connectivity index (χ1v) is 10.1. The van der Waals surface area contributed by atoms with E-state index in [0.717, 1.165) is 43.7 Å². The first kappa shape index (κ1) is 21.0. The van der Waals surface area contributed by atoms with Gasteiger partial charge in [0.25, 0.3) is 0 Å². The van der Waals surface area contributed by atoms with E-state index in [4.69, 9.17) is 4.98 Å². The summed E-state index contributed by atoms with van der Waals surface area (Å²) in [6, 6.07) is 0. The quantitative estimate of drug-likeness (QED) is 0.408. The number of hydrogen-bond donors (Lipinski definition) is 1. The van der Waals surface area contributed by atoms with Crippen LogP contribution < -0.4 is 5.32 Å². The van der Waals surface area contributed by atoms with Crippen molar-refractivity contribution >= 4 is 53.0 Å². The number of thiazole rings is 1. The predicted octanol–water partition coefficient (Wildman–Crippen LogP) is 3.58. The molecule has 1 N–H and O–H groups in total. The van der Waals surface area contributed by atoms with Crippen molar-refractivity contribution in [1.29, 1.82) is 0 Å². The summed E-state index contributed by atoms with van der Waals surface area (Å²) in [6.45, 7) is 9.72. The minimum absolute atomic E-state index is 0. The Labute approximate surface area is 166 Å². The Morgan fingerprint density at radius 1 is 1.43 bits per heavy atom. The van der Waals surface area contributed by atoms with Crippen LogP contribution in [0.3, 0.4) is 0 Å². The molecule has 23 heavy (non-hydrogen) atoms. The van der Waals surface area contributed by atoms with Gasteiger partial charge in [-0.05, 0) is 19.8 Å². The van der Waals surface area contributed by atoms with Gasteiger partial charge in [-0.1, -0.05) is 13.8 Å². The van der Waals surface area contributed by atoms with Crippen LogP contribution in [0.25, 0.3) is 0 Å². The Morgan fingerprint density at radius 3 is 2.83 bits per heavy atom. The Kier molecular flexibility index (Phi) is 9.84. The summed E-state index contributed by atoms with van der Waals surface area (Å²) in [4.78, 5) is 12.9. The molecule has 0 radical (unpaired) electrons. The Balaban J connectivity index is 0.00000264. The van der Waals surface area contributed by atoms with Crippen LogP contribution in [0.15, 0.2) is 4.99 Å². The molecule has 2 rings (SSSR count). The summed E-state index contributed by atoms with van der Waals surface area (Å²) in [6.07, 6.45) is 3.24. The van der Waals surface area contributed by atoms with Crippen LogP contribution in [-0.4, -0.2) is 53.5 Å². The van der Waals surface area contributed by atoms with Crippen molar-refractivity contribution in [3.8, 4) is 0 Å². The molecule has 1 aromatic heterocycles. The minimum atomic E-state index is 0. The molecule has 4 nitrogen and oxygen atoms in total. The maximum atomic E-state index is 4.71. The first-order valence-electron chi connectivity index (χ1n) is 8.20. The molecule has 2 heterocycles. The highest BCUT2D eigenvalue weighted by Gasteiger charge is 2.21. The average molecular weight is 468 g/mol. The summed E-state index contributed by atoms with van der Waals surface area (Å²) in [7, 11) is 1.88. The molecular formula is C16H29IN4S2. The van der Waals surface area contributed by atoms with Gasteiger partial charge in [-0.15, -0.1) is 35.3 Å². The largest absolute Gasteiger partial charge is 0.356 e. The lowest BCUT2D eigenvalue weighted by atomic mass is 10.3. The minimum Gasteiger partial charge on any atom is -0.356 e. The Morgan fingerprint density at radius 2 is 2.22 bits per heavy atom. The average Bonchev–Trinajstić information content (AvgIpc) is 2.91. The second-order valence-corrected chi connectivity index (χ2v) is 8.23. The third-order valence-electron chi connectivity index (χ3n) is 4.00. The molecule has 0 bridgehead atoms. The predicted molar refractivity (Wildman–Crippen MR) is 115 cm³/mol. The third-order valence-corrected chi connectivity index (χ3v) is 6.44. The monoisotopic (exact) mass is 468 g/mol. The lowest BCUT2D eigenvalue weighted by Gasteiger charge is -2.34. The van der Waals surface area contributed by atoms with Crippen molar-refractivity contribution in [3.63, 3.8) is 0 Å². The van der Waals surface area contributed by atoms with Crippen molar-refractivity contribution in [3.05, 3.63) is 15.6 Å². The van der Waals surface area contributed by atoms with E-state index in [1.54, 1.807) is 0 Å². The number of rotatable bonds is 5. The zero-order valence-corrected chi connectivity index (χ0v) is 18.6. The van der Waals surface area contributed by atoms with Gasteiger partial charge >= 0.3 is 0 Å². The standard InChI is InChI=1S/C16H28N4S2.HI/c1-5-13-11-20(9-10-21-13)16(17-4)18-8-7-15-19-14(6-2)12(3)22-15;/h13H,5-11H2,1-4H3,(H,17,18);1H. The van der Waals surface area contributed by atoms with Gasteiger partial charge in [-0.2, -0.15) is 11.8 Å². The van der Waals surface area contributed by atoms with Crippen LogP contribution in [-0.2, 0) is 12.8 Å². The normalized spacial score (nSPS) is 18.7. The molecule has 1 aliphatic rings. The van der Waals surface area contributed by atoms with E-state index < -0.39 is 0 Å². The molecule has 7 heteroatoms. The van der Waals surface area contributed by atoms with Crippen LogP contribution in [0.1, 0.15) is 35.8 Å². The Bertz CT molecular complexity index is 504. The molecule has 1 aromatic rings.